The fourth-order valence-corrected chi connectivity index (χ4v) is 8.92. The first-order valence-corrected chi connectivity index (χ1v) is 18.2. The molecule has 1 aliphatic rings. The summed E-state index contributed by atoms with van der Waals surface area (Å²) in [6.07, 6.45) is 0. The standard InChI is InChI=1S/C50H33NO2/c1-50(43-19-9-5-15-37(43)38-16-6-10-20-44(38)50)48-36(28-29-41-39-17-7-12-22-46(39)53-49(41)48)32-23-25-34(26-24-32)51(33-13-3-2-4-14-33)35-27-30-47-42(31-35)40-18-8-11-21-45(40)52-47/h2-31H,1H3. The summed E-state index contributed by atoms with van der Waals surface area (Å²) >= 11 is 0. The zero-order valence-electron chi connectivity index (χ0n) is 29.1. The number of fused-ring (bicyclic) bond motifs is 9. The SMILES string of the molecule is CC1(c2c(-c3ccc(N(c4ccccc4)c4ccc5oc6ccccc6c5c4)cc3)ccc3c2oc2ccccc23)c2ccccc2-c2ccccc21. The molecule has 0 unspecified atom stereocenters. The van der Waals surface area contributed by atoms with Gasteiger partial charge in [0.2, 0.25) is 0 Å². The van der Waals surface area contributed by atoms with Crippen molar-refractivity contribution in [3.8, 4) is 22.3 Å². The van der Waals surface area contributed by atoms with Crippen LogP contribution in [0.4, 0.5) is 17.1 Å². The summed E-state index contributed by atoms with van der Waals surface area (Å²) in [5.41, 5.74) is 15.0. The van der Waals surface area contributed by atoms with E-state index in [-0.39, 0.29) is 0 Å². The Morgan fingerprint density at radius 1 is 0.396 bits per heavy atom. The molecule has 0 saturated heterocycles. The lowest BCUT2D eigenvalue weighted by Crippen LogP contribution is -2.23. The minimum atomic E-state index is -0.451. The van der Waals surface area contributed by atoms with Gasteiger partial charge in [-0.1, -0.05) is 121 Å². The monoisotopic (exact) mass is 679 g/mol. The zero-order valence-corrected chi connectivity index (χ0v) is 29.1. The van der Waals surface area contributed by atoms with E-state index in [2.05, 4.69) is 182 Å². The molecule has 10 aromatic rings. The molecule has 250 valence electrons. The highest BCUT2D eigenvalue weighted by atomic mass is 16.3. The molecule has 0 amide bonds. The third-order valence-corrected chi connectivity index (χ3v) is 11.3. The molecule has 0 fully saturated rings. The van der Waals surface area contributed by atoms with Crippen molar-refractivity contribution in [2.45, 2.75) is 12.3 Å². The molecule has 2 aromatic heterocycles. The maximum Gasteiger partial charge on any atom is 0.140 e. The molecule has 3 nitrogen and oxygen atoms in total. The second-order valence-corrected chi connectivity index (χ2v) is 14.2. The average molecular weight is 680 g/mol. The van der Waals surface area contributed by atoms with Gasteiger partial charge in [-0.3, -0.25) is 0 Å². The maximum atomic E-state index is 6.87. The second kappa shape index (κ2) is 11.3. The van der Waals surface area contributed by atoms with Crippen LogP contribution in [0.1, 0.15) is 23.6 Å². The topological polar surface area (TPSA) is 29.5 Å². The maximum absolute atomic E-state index is 6.87. The van der Waals surface area contributed by atoms with Crippen LogP contribution in [-0.4, -0.2) is 0 Å². The summed E-state index contributed by atoms with van der Waals surface area (Å²) in [6.45, 7) is 2.38. The summed E-state index contributed by atoms with van der Waals surface area (Å²) < 4.78 is 13.1. The fraction of sp³-hybridized carbons (Fsp3) is 0.0400. The quantitative estimate of drug-likeness (QED) is 0.181. The van der Waals surface area contributed by atoms with Gasteiger partial charge in [-0.05, 0) is 101 Å². The molecule has 0 radical (unpaired) electrons. The number of nitrogens with zero attached hydrogens (tertiary/aromatic N) is 1. The molecule has 53 heavy (non-hydrogen) atoms. The molecule has 0 bridgehead atoms. The van der Waals surface area contributed by atoms with Crippen molar-refractivity contribution < 1.29 is 8.83 Å². The Kier molecular flexibility index (Phi) is 6.38. The van der Waals surface area contributed by atoms with Crippen LogP contribution >= 0.6 is 0 Å². The van der Waals surface area contributed by atoms with Gasteiger partial charge in [0.15, 0.2) is 0 Å². The minimum absolute atomic E-state index is 0.451. The second-order valence-electron chi connectivity index (χ2n) is 14.2. The van der Waals surface area contributed by atoms with Gasteiger partial charge >= 0.3 is 0 Å². The minimum Gasteiger partial charge on any atom is -0.456 e. The normalized spacial score (nSPS) is 13.2. The molecule has 0 spiro atoms. The summed E-state index contributed by atoms with van der Waals surface area (Å²) in [5.74, 6) is 0. The lowest BCUT2D eigenvalue weighted by atomic mass is 9.71. The van der Waals surface area contributed by atoms with E-state index in [1.54, 1.807) is 0 Å². The average Bonchev–Trinajstić information content (AvgIpc) is 3.87. The highest BCUT2D eigenvalue weighted by molar-refractivity contribution is 6.09. The van der Waals surface area contributed by atoms with E-state index >= 15 is 0 Å². The number of rotatable bonds is 5. The van der Waals surface area contributed by atoms with Crippen LogP contribution in [0, 0.1) is 0 Å². The van der Waals surface area contributed by atoms with Crippen molar-refractivity contribution in [1.82, 2.24) is 0 Å². The first kappa shape index (κ1) is 29.8. The first-order chi connectivity index (χ1) is 26.2. The largest absolute Gasteiger partial charge is 0.456 e. The van der Waals surface area contributed by atoms with Crippen LogP contribution in [0.15, 0.2) is 191 Å². The Morgan fingerprint density at radius 2 is 0.943 bits per heavy atom. The van der Waals surface area contributed by atoms with Crippen LogP contribution in [0.2, 0.25) is 0 Å². The van der Waals surface area contributed by atoms with Crippen molar-refractivity contribution in [2.75, 3.05) is 4.90 Å². The van der Waals surface area contributed by atoms with Gasteiger partial charge in [-0.2, -0.15) is 0 Å². The number of hydrogen-bond acceptors (Lipinski definition) is 3. The summed E-state index contributed by atoms with van der Waals surface area (Å²) in [4.78, 5) is 2.32. The third kappa shape index (κ3) is 4.34. The van der Waals surface area contributed by atoms with Crippen molar-refractivity contribution in [3.05, 3.63) is 199 Å². The number of para-hydroxylation sites is 3. The van der Waals surface area contributed by atoms with Crippen molar-refractivity contribution in [3.63, 3.8) is 0 Å². The molecular formula is C50H33NO2. The Morgan fingerprint density at radius 3 is 1.66 bits per heavy atom. The van der Waals surface area contributed by atoms with E-state index in [0.29, 0.717) is 0 Å². The van der Waals surface area contributed by atoms with Gasteiger partial charge in [-0.15, -0.1) is 0 Å². The molecule has 2 heterocycles. The number of furan rings is 2. The lowest BCUT2D eigenvalue weighted by Gasteiger charge is -2.31. The molecule has 0 saturated carbocycles. The van der Waals surface area contributed by atoms with E-state index in [4.69, 9.17) is 8.83 Å². The third-order valence-electron chi connectivity index (χ3n) is 11.3. The summed E-state index contributed by atoms with van der Waals surface area (Å²) in [6, 6.07) is 65.0. The number of hydrogen-bond donors (Lipinski definition) is 0. The van der Waals surface area contributed by atoms with Gasteiger partial charge in [0.1, 0.15) is 22.3 Å². The van der Waals surface area contributed by atoms with Crippen LogP contribution in [-0.2, 0) is 5.41 Å². The van der Waals surface area contributed by atoms with Crippen LogP contribution in [0.3, 0.4) is 0 Å². The molecule has 11 rings (SSSR count). The molecule has 0 N–H and O–H groups in total. The van der Waals surface area contributed by atoms with Crippen LogP contribution in [0.25, 0.3) is 66.1 Å². The van der Waals surface area contributed by atoms with E-state index in [1.807, 2.05) is 12.1 Å². The Hall–Kier alpha value is -6.84. The Balaban J connectivity index is 1.12. The fourth-order valence-electron chi connectivity index (χ4n) is 8.92. The molecule has 1 aliphatic carbocycles. The highest BCUT2D eigenvalue weighted by Gasteiger charge is 2.44. The Bertz CT molecular complexity index is 2980. The van der Waals surface area contributed by atoms with Crippen molar-refractivity contribution in [1.29, 1.82) is 0 Å². The molecule has 8 aromatic carbocycles. The summed E-state index contributed by atoms with van der Waals surface area (Å²) in [7, 11) is 0. The van der Waals surface area contributed by atoms with Crippen molar-refractivity contribution in [2.24, 2.45) is 0 Å². The molecule has 0 aliphatic heterocycles. The molecule has 3 heteroatoms. The van der Waals surface area contributed by atoms with Crippen LogP contribution < -0.4 is 4.90 Å². The highest BCUT2D eigenvalue weighted by Crippen LogP contribution is 2.56. The van der Waals surface area contributed by atoms with E-state index in [9.17, 15) is 0 Å². The number of benzene rings is 8. The molecule has 0 atom stereocenters. The van der Waals surface area contributed by atoms with Crippen molar-refractivity contribution >= 4 is 60.9 Å². The van der Waals surface area contributed by atoms with Gasteiger partial charge < -0.3 is 13.7 Å². The van der Waals surface area contributed by atoms with Crippen LogP contribution in [0.5, 0.6) is 0 Å². The predicted molar refractivity (Wildman–Crippen MR) is 219 cm³/mol. The zero-order chi connectivity index (χ0) is 35.1. The van der Waals surface area contributed by atoms with E-state index in [1.165, 1.54) is 27.8 Å². The first-order valence-electron chi connectivity index (χ1n) is 18.2. The van der Waals surface area contributed by atoms with E-state index in [0.717, 1.165) is 72.1 Å². The Labute approximate surface area is 307 Å². The van der Waals surface area contributed by atoms with Gasteiger partial charge in [-0.25, -0.2) is 0 Å². The predicted octanol–water partition coefficient (Wildman–Crippen LogP) is 14.0. The van der Waals surface area contributed by atoms with Gasteiger partial charge in [0.25, 0.3) is 0 Å². The lowest BCUT2D eigenvalue weighted by molar-refractivity contribution is 0.638. The van der Waals surface area contributed by atoms with Gasteiger partial charge in [0.05, 0.1) is 0 Å². The smallest absolute Gasteiger partial charge is 0.140 e. The number of anilines is 3. The van der Waals surface area contributed by atoms with Gasteiger partial charge in [0, 0.05) is 49.6 Å². The molecular weight excluding hydrogens is 647 g/mol. The summed E-state index contributed by atoms with van der Waals surface area (Å²) in [5, 5.41) is 4.49. The van der Waals surface area contributed by atoms with E-state index < -0.39 is 5.41 Å².